The monoisotopic (exact) mass is 311 g/mol. The molecule has 0 aliphatic heterocycles. The fourth-order valence-corrected chi connectivity index (χ4v) is 3.93. The smallest absolute Gasteiger partial charge is 0.243 e. The molecule has 0 spiro atoms. The molecule has 108 valence electrons. The van der Waals surface area contributed by atoms with Crippen molar-refractivity contribution in [2.24, 2.45) is 0 Å². The van der Waals surface area contributed by atoms with Gasteiger partial charge in [0.15, 0.2) is 0 Å². The van der Waals surface area contributed by atoms with Crippen LogP contribution in [-0.4, -0.2) is 13.4 Å². The van der Waals surface area contributed by atoms with Crippen LogP contribution in [-0.2, 0) is 16.6 Å². The summed E-state index contributed by atoms with van der Waals surface area (Å²) in [5, 5.41) is 2.75. The summed E-state index contributed by atoms with van der Waals surface area (Å²) in [4.78, 5) is 4.39. The second-order valence-corrected chi connectivity index (χ2v) is 7.39. The number of anilines is 1. The van der Waals surface area contributed by atoms with Gasteiger partial charge in [-0.2, -0.15) is 0 Å². The Bertz CT molecular complexity index is 736. The molecule has 0 saturated heterocycles. The summed E-state index contributed by atoms with van der Waals surface area (Å²) < 4.78 is 27.3. The van der Waals surface area contributed by atoms with Crippen molar-refractivity contribution in [3.05, 3.63) is 39.3 Å². The van der Waals surface area contributed by atoms with Gasteiger partial charge in [-0.15, -0.1) is 11.3 Å². The molecule has 0 amide bonds. The van der Waals surface area contributed by atoms with Crippen LogP contribution in [0.25, 0.3) is 0 Å². The largest absolute Gasteiger partial charge is 0.397 e. The molecule has 0 fully saturated rings. The average Bonchev–Trinajstić information content (AvgIpc) is 2.78. The summed E-state index contributed by atoms with van der Waals surface area (Å²) in [6.45, 7) is 5.57. The maximum atomic E-state index is 12.4. The molecule has 2 rings (SSSR count). The number of nitrogens with one attached hydrogen (secondary N) is 1. The minimum Gasteiger partial charge on any atom is -0.397 e. The summed E-state index contributed by atoms with van der Waals surface area (Å²) >= 11 is 1.49. The topological polar surface area (TPSA) is 85.1 Å². The van der Waals surface area contributed by atoms with Crippen LogP contribution >= 0.6 is 11.3 Å². The number of thiazole rings is 1. The van der Waals surface area contributed by atoms with E-state index in [-0.39, 0.29) is 11.4 Å². The highest BCUT2D eigenvalue weighted by Gasteiger charge is 2.21. The van der Waals surface area contributed by atoms with E-state index in [1.807, 2.05) is 18.4 Å². The molecule has 0 bridgehead atoms. The molecular formula is C13H17N3O2S2. The first kappa shape index (κ1) is 15.0. The van der Waals surface area contributed by atoms with Crippen LogP contribution in [0.1, 0.15) is 21.8 Å². The molecule has 0 atom stereocenters. The number of nitrogens with zero attached hydrogens (tertiary/aromatic N) is 1. The lowest BCUT2D eigenvalue weighted by molar-refractivity contribution is 0.580. The molecule has 1 aromatic carbocycles. The number of hydrogen-bond donors (Lipinski definition) is 2. The number of nitrogen functional groups attached to an aromatic ring is 1. The van der Waals surface area contributed by atoms with E-state index in [4.69, 9.17) is 5.73 Å². The lowest BCUT2D eigenvalue weighted by Gasteiger charge is -2.13. The van der Waals surface area contributed by atoms with Crippen molar-refractivity contribution in [2.75, 3.05) is 5.73 Å². The molecule has 0 aliphatic carbocycles. The van der Waals surface area contributed by atoms with Crippen molar-refractivity contribution < 1.29 is 8.42 Å². The SMILES string of the molecule is Cc1nc(CNS(=O)(=O)c2c(C)ccc(C)c2N)cs1. The Morgan fingerprint density at radius 3 is 2.50 bits per heavy atom. The van der Waals surface area contributed by atoms with Gasteiger partial charge in [-0.1, -0.05) is 12.1 Å². The normalized spacial score (nSPS) is 11.8. The molecular weight excluding hydrogens is 294 g/mol. The van der Waals surface area contributed by atoms with Crippen molar-refractivity contribution in [3.63, 3.8) is 0 Å². The Hall–Kier alpha value is -1.44. The first-order chi connectivity index (χ1) is 9.31. The van der Waals surface area contributed by atoms with E-state index >= 15 is 0 Å². The Balaban J connectivity index is 2.29. The van der Waals surface area contributed by atoms with E-state index in [2.05, 4.69) is 9.71 Å². The zero-order valence-corrected chi connectivity index (χ0v) is 13.2. The number of hydrogen-bond acceptors (Lipinski definition) is 5. The van der Waals surface area contributed by atoms with Crippen LogP contribution in [0.15, 0.2) is 22.4 Å². The van der Waals surface area contributed by atoms with Gasteiger partial charge in [-0.25, -0.2) is 18.1 Å². The first-order valence-electron chi connectivity index (χ1n) is 6.07. The molecule has 5 nitrogen and oxygen atoms in total. The van der Waals surface area contributed by atoms with Gasteiger partial charge in [-0.3, -0.25) is 0 Å². The minimum atomic E-state index is -3.64. The number of aromatic nitrogens is 1. The Morgan fingerprint density at radius 1 is 1.25 bits per heavy atom. The molecule has 0 saturated carbocycles. The van der Waals surface area contributed by atoms with E-state index in [0.29, 0.717) is 16.9 Å². The third kappa shape index (κ3) is 3.00. The fraction of sp³-hybridized carbons (Fsp3) is 0.308. The molecule has 7 heteroatoms. The van der Waals surface area contributed by atoms with Gasteiger partial charge in [0.05, 0.1) is 22.9 Å². The molecule has 20 heavy (non-hydrogen) atoms. The molecule has 1 heterocycles. The molecule has 1 aromatic heterocycles. The van der Waals surface area contributed by atoms with Gasteiger partial charge in [0.25, 0.3) is 0 Å². The van der Waals surface area contributed by atoms with Crippen molar-refractivity contribution in [3.8, 4) is 0 Å². The van der Waals surface area contributed by atoms with E-state index in [9.17, 15) is 8.42 Å². The third-order valence-corrected chi connectivity index (χ3v) is 5.42. The highest BCUT2D eigenvalue weighted by atomic mass is 32.2. The zero-order valence-electron chi connectivity index (χ0n) is 11.6. The second kappa shape index (κ2) is 5.51. The second-order valence-electron chi connectivity index (χ2n) is 4.62. The summed E-state index contributed by atoms with van der Waals surface area (Å²) in [6.07, 6.45) is 0. The Morgan fingerprint density at radius 2 is 1.90 bits per heavy atom. The predicted molar refractivity (Wildman–Crippen MR) is 81.2 cm³/mol. The quantitative estimate of drug-likeness (QED) is 0.847. The summed E-state index contributed by atoms with van der Waals surface area (Å²) in [6, 6.07) is 3.57. The van der Waals surface area contributed by atoms with Gasteiger partial charge in [0.1, 0.15) is 4.90 Å². The average molecular weight is 311 g/mol. The summed E-state index contributed by atoms with van der Waals surface area (Å²) in [7, 11) is -3.64. The van der Waals surface area contributed by atoms with Gasteiger partial charge in [-0.05, 0) is 31.9 Å². The fourth-order valence-electron chi connectivity index (χ4n) is 1.89. The number of nitrogens with two attached hydrogens (primary N) is 1. The van der Waals surface area contributed by atoms with Crippen molar-refractivity contribution >= 4 is 27.0 Å². The van der Waals surface area contributed by atoms with E-state index < -0.39 is 10.0 Å². The standard InChI is InChI=1S/C13H17N3O2S2/c1-8-4-5-9(2)13(12(8)14)20(17,18)15-6-11-7-19-10(3)16-11/h4-5,7,15H,6,14H2,1-3H3. The summed E-state index contributed by atoms with van der Waals surface area (Å²) in [5.74, 6) is 0. The van der Waals surface area contributed by atoms with Crippen LogP contribution < -0.4 is 10.5 Å². The lowest BCUT2D eigenvalue weighted by atomic mass is 10.1. The van der Waals surface area contributed by atoms with E-state index in [1.165, 1.54) is 11.3 Å². The number of rotatable bonds is 4. The van der Waals surface area contributed by atoms with Gasteiger partial charge < -0.3 is 5.73 Å². The van der Waals surface area contributed by atoms with Crippen molar-refractivity contribution in [1.29, 1.82) is 0 Å². The van der Waals surface area contributed by atoms with Gasteiger partial charge in [0.2, 0.25) is 10.0 Å². The Labute approximate surface area is 122 Å². The highest BCUT2D eigenvalue weighted by molar-refractivity contribution is 7.89. The van der Waals surface area contributed by atoms with Crippen LogP contribution in [0.3, 0.4) is 0 Å². The van der Waals surface area contributed by atoms with E-state index in [1.54, 1.807) is 19.9 Å². The molecule has 2 aromatic rings. The van der Waals surface area contributed by atoms with Crippen LogP contribution in [0.5, 0.6) is 0 Å². The minimum absolute atomic E-state index is 0.157. The number of sulfonamides is 1. The number of aryl methyl sites for hydroxylation is 3. The molecule has 0 radical (unpaired) electrons. The van der Waals surface area contributed by atoms with E-state index in [0.717, 1.165) is 10.6 Å². The summed E-state index contributed by atoms with van der Waals surface area (Å²) in [5.41, 5.74) is 8.30. The lowest BCUT2D eigenvalue weighted by Crippen LogP contribution is -2.25. The predicted octanol–water partition coefficient (Wildman–Crippen LogP) is 2.13. The zero-order chi connectivity index (χ0) is 14.9. The molecule has 3 N–H and O–H groups in total. The van der Waals surface area contributed by atoms with Crippen molar-refractivity contribution in [2.45, 2.75) is 32.2 Å². The van der Waals surface area contributed by atoms with Gasteiger partial charge in [0, 0.05) is 5.38 Å². The Kier molecular flexibility index (Phi) is 4.12. The molecule has 0 aliphatic rings. The molecule has 0 unspecified atom stereocenters. The van der Waals surface area contributed by atoms with Crippen LogP contribution in [0.4, 0.5) is 5.69 Å². The van der Waals surface area contributed by atoms with Crippen LogP contribution in [0.2, 0.25) is 0 Å². The van der Waals surface area contributed by atoms with Crippen LogP contribution in [0, 0.1) is 20.8 Å². The maximum Gasteiger partial charge on any atom is 0.243 e. The first-order valence-corrected chi connectivity index (χ1v) is 8.44. The maximum absolute atomic E-state index is 12.4. The third-order valence-electron chi connectivity index (χ3n) is 2.99. The highest BCUT2D eigenvalue weighted by Crippen LogP contribution is 2.25. The van der Waals surface area contributed by atoms with Crippen molar-refractivity contribution in [1.82, 2.24) is 9.71 Å². The number of benzene rings is 1. The van der Waals surface area contributed by atoms with Gasteiger partial charge >= 0.3 is 0 Å².